The normalized spacial score (nSPS) is 19.3. The van der Waals surface area contributed by atoms with Crippen molar-refractivity contribution in [2.45, 2.75) is 46.1 Å². The summed E-state index contributed by atoms with van der Waals surface area (Å²) < 4.78 is 1.68. The summed E-state index contributed by atoms with van der Waals surface area (Å²) in [5, 5.41) is 14.8. The number of hydrogen-bond acceptors (Lipinski definition) is 5. The number of ketones is 1. The van der Waals surface area contributed by atoms with Crippen molar-refractivity contribution in [3.8, 4) is 5.69 Å². The topological polar surface area (TPSA) is 88.9 Å². The molecule has 0 fully saturated rings. The number of para-hydroxylation sites is 1. The molecule has 1 aliphatic heterocycles. The van der Waals surface area contributed by atoms with Crippen molar-refractivity contribution >= 4 is 11.7 Å². The van der Waals surface area contributed by atoms with E-state index in [4.69, 9.17) is 0 Å². The third-order valence-corrected chi connectivity index (χ3v) is 6.61. The molecule has 0 bridgehead atoms. The second-order valence-electron chi connectivity index (χ2n) is 10.0. The molecule has 2 N–H and O–H groups in total. The summed E-state index contributed by atoms with van der Waals surface area (Å²) in [6.45, 7) is 6.36. The highest BCUT2D eigenvalue weighted by atomic mass is 16.2. The first-order chi connectivity index (χ1) is 16.8. The fourth-order valence-corrected chi connectivity index (χ4v) is 5.07. The predicted molar refractivity (Wildman–Crippen MR) is 133 cm³/mol. The molecule has 178 valence electrons. The van der Waals surface area contributed by atoms with Gasteiger partial charge in [0.1, 0.15) is 5.69 Å². The van der Waals surface area contributed by atoms with E-state index in [1.807, 2.05) is 67.6 Å². The molecule has 7 heteroatoms. The van der Waals surface area contributed by atoms with Gasteiger partial charge in [0.15, 0.2) is 5.78 Å². The lowest BCUT2D eigenvalue weighted by atomic mass is 9.68. The molecule has 2 aromatic carbocycles. The Labute approximate surface area is 204 Å². The number of nitrogens with one attached hydrogen (secondary N) is 2. The number of dihydropyridines is 1. The predicted octanol–water partition coefficient (Wildman–Crippen LogP) is 4.19. The molecular weight excluding hydrogens is 438 g/mol. The average Bonchev–Trinajstić information content (AvgIpc) is 3.31. The van der Waals surface area contributed by atoms with Crippen molar-refractivity contribution < 1.29 is 9.59 Å². The van der Waals surface area contributed by atoms with Crippen LogP contribution in [-0.4, -0.2) is 26.7 Å². The van der Waals surface area contributed by atoms with Gasteiger partial charge in [0.05, 0.1) is 18.4 Å². The Morgan fingerprint density at radius 3 is 2.49 bits per heavy atom. The maximum absolute atomic E-state index is 13.6. The molecule has 1 aliphatic carbocycles. The summed E-state index contributed by atoms with van der Waals surface area (Å²) in [5.74, 6) is -0.528. The molecule has 1 unspecified atom stereocenters. The van der Waals surface area contributed by atoms with Crippen molar-refractivity contribution in [2.75, 3.05) is 0 Å². The minimum atomic E-state index is -0.406. The SMILES string of the molecule is CC1=C(C(=O)NCc2cn(-c3ccccc3)nn2)C(c2ccccc2)C2=C(CC(C)(C)CC2=O)N1. The number of nitrogens with zero attached hydrogens (tertiary/aromatic N) is 3. The summed E-state index contributed by atoms with van der Waals surface area (Å²) in [7, 11) is 0. The summed E-state index contributed by atoms with van der Waals surface area (Å²) >= 11 is 0. The number of amides is 1. The lowest BCUT2D eigenvalue weighted by Crippen LogP contribution is -2.40. The van der Waals surface area contributed by atoms with Crippen LogP contribution in [0.1, 0.15) is 50.8 Å². The zero-order valence-corrected chi connectivity index (χ0v) is 20.2. The summed E-state index contributed by atoms with van der Waals surface area (Å²) in [6.07, 6.45) is 3.04. The van der Waals surface area contributed by atoms with E-state index in [1.54, 1.807) is 10.9 Å². The van der Waals surface area contributed by atoms with E-state index in [1.165, 1.54) is 0 Å². The number of rotatable bonds is 5. The van der Waals surface area contributed by atoms with Crippen molar-refractivity contribution in [1.29, 1.82) is 0 Å². The second-order valence-corrected chi connectivity index (χ2v) is 10.0. The molecule has 2 aliphatic rings. The molecular formula is C28H29N5O2. The fourth-order valence-electron chi connectivity index (χ4n) is 5.07. The number of allylic oxidation sites excluding steroid dienone is 3. The van der Waals surface area contributed by atoms with Gasteiger partial charge in [0.2, 0.25) is 5.91 Å². The van der Waals surface area contributed by atoms with Crippen LogP contribution in [0.3, 0.4) is 0 Å². The van der Waals surface area contributed by atoms with Crippen molar-refractivity contribution in [3.63, 3.8) is 0 Å². The molecule has 1 atom stereocenters. The van der Waals surface area contributed by atoms with Gasteiger partial charge in [-0.15, -0.1) is 5.10 Å². The van der Waals surface area contributed by atoms with Crippen LogP contribution >= 0.6 is 0 Å². The van der Waals surface area contributed by atoms with Crippen molar-refractivity contribution in [3.05, 3.63) is 101 Å². The number of benzene rings is 2. The van der Waals surface area contributed by atoms with Crippen LogP contribution in [0.15, 0.2) is 89.4 Å². The highest BCUT2D eigenvalue weighted by molar-refractivity contribution is 6.05. The molecule has 1 amide bonds. The number of carbonyl (C=O) groups excluding carboxylic acids is 2. The van der Waals surface area contributed by atoms with Crippen LogP contribution in [0.2, 0.25) is 0 Å². The van der Waals surface area contributed by atoms with Gasteiger partial charge in [-0.05, 0) is 36.5 Å². The molecule has 0 spiro atoms. The smallest absolute Gasteiger partial charge is 0.250 e. The van der Waals surface area contributed by atoms with E-state index in [0.717, 1.165) is 29.1 Å². The van der Waals surface area contributed by atoms with Gasteiger partial charge in [0.25, 0.3) is 0 Å². The van der Waals surface area contributed by atoms with Gasteiger partial charge < -0.3 is 10.6 Å². The minimum absolute atomic E-state index is 0.0983. The number of aromatic nitrogens is 3. The zero-order valence-electron chi connectivity index (χ0n) is 20.2. The lowest BCUT2D eigenvalue weighted by molar-refractivity contribution is -0.118. The summed E-state index contributed by atoms with van der Waals surface area (Å²) in [4.78, 5) is 26.9. The number of Topliss-reactive ketones (excluding diaryl/α,β-unsaturated/α-hetero) is 1. The molecule has 1 aromatic heterocycles. The molecule has 5 rings (SSSR count). The molecule has 0 saturated carbocycles. The maximum Gasteiger partial charge on any atom is 0.250 e. The van der Waals surface area contributed by atoms with E-state index in [-0.39, 0.29) is 23.7 Å². The van der Waals surface area contributed by atoms with Crippen molar-refractivity contribution in [1.82, 2.24) is 25.6 Å². The van der Waals surface area contributed by atoms with Crippen molar-refractivity contribution in [2.24, 2.45) is 5.41 Å². The van der Waals surface area contributed by atoms with E-state index in [9.17, 15) is 9.59 Å². The zero-order chi connectivity index (χ0) is 24.6. The largest absolute Gasteiger partial charge is 0.362 e. The Morgan fingerprint density at radius 2 is 1.77 bits per heavy atom. The maximum atomic E-state index is 13.6. The van der Waals surface area contributed by atoms with Crippen LogP contribution in [0, 0.1) is 5.41 Å². The first-order valence-corrected chi connectivity index (χ1v) is 11.9. The van der Waals surface area contributed by atoms with E-state index in [2.05, 4.69) is 34.8 Å². The van der Waals surface area contributed by atoms with E-state index in [0.29, 0.717) is 23.3 Å². The molecule has 7 nitrogen and oxygen atoms in total. The summed E-state index contributed by atoms with van der Waals surface area (Å²) in [6, 6.07) is 19.5. The van der Waals surface area contributed by atoms with Crippen LogP contribution < -0.4 is 10.6 Å². The first kappa shape index (κ1) is 22.8. The standard InChI is InChI=1S/C28H29N5O2/c1-18-24(27(35)29-16-20-17-33(32-31-20)21-12-8-5-9-13-21)25(19-10-6-4-7-11-19)26-22(30-18)14-28(2,3)15-23(26)34/h4-13,17,25,30H,14-16H2,1-3H3,(H,29,35). The number of carbonyl (C=O) groups is 2. The second kappa shape index (κ2) is 8.98. The number of hydrogen-bond donors (Lipinski definition) is 2. The highest BCUT2D eigenvalue weighted by Gasteiger charge is 2.42. The van der Waals surface area contributed by atoms with Gasteiger partial charge in [-0.1, -0.05) is 67.6 Å². The van der Waals surface area contributed by atoms with Crippen LogP contribution in [0.5, 0.6) is 0 Å². The van der Waals surface area contributed by atoms with Gasteiger partial charge in [-0.2, -0.15) is 0 Å². The molecule has 0 radical (unpaired) electrons. The van der Waals surface area contributed by atoms with Crippen LogP contribution in [0.25, 0.3) is 5.69 Å². The van der Waals surface area contributed by atoms with Gasteiger partial charge in [-0.25, -0.2) is 4.68 Å². The molecule has 2 heterocycles. The molecule has 3 aromatic rings. The van der Waals surface area contributed by atoms with Gasteiger partial charge >= 0.3 is 0 Å². The quantitative estimate of drug-likeness (QED) is 0.588. The molecule has 35 heavy (non-hydrogen) atoms. The third-order valence-electron chi connectivity index (χ3n) is 6.61. The highest BCUT2D eigenvalue weighted by Crippen LogP contribution is 2.46. The lowest BCUT2D eigenvalue weighted by Gasteiger charge is -2.39. The van der Waals surface area contributed by atoms with Crippen LogP contribution in [-0.2, 0) is 16.1 Å². The Kier molecular flexibility index (Phi) is 5.84. The Hall–Kier alpha value is -4.00. The minimum Gasteiger partial charge on any atom is -0.362 e. The Morgan fingerprint density at radius 1 is 1.09 bits per heavy atom. The average molecular weight is 468 g/mol. The first-order valence-electron chi connectivity index (χ1n) is 11.9. The van der Waals surface area contributed by atoms with E-state index < -0.39 is 5.92 Å². The molecule has 0 saturated heterocycles. The summed E-state index contributed by atoms with van der Waals surface area (Å²) in [5.41, 5.74) is 5.35. The van der Waals surface area contributed by atoms with E-state index >= 15 is 0 Å². The Balaban J connectivity index is 1.42. The third kappa shape index (κ3) is 4.54. The fraction of sp³-hybridized carbons (Fsp3) is 0.286. The Bertz CT molecular complexity index is 1340. The van der Waals surface area contributed by atoms with Gasteiger partial charge in [-0.3, -0.25) is 9.59 Å². The van der Waals surface area contributed by atoms with Gasteiger partial charge in [0, 0.05) is 34.9 Å². The monoisotopic (exact) mass is 467 g/mol. The van der Waals surface area contributed by atoms with Crippen LogP contribution in [0.4, 0.5) is 0 Å².